The highest BCUT2D eigenvalue weighted by Gasteiger charge is 2.33. The smallest absolute Gasteiger partial charge is 0.410 e. The van der Waals surface area contributed by atoms with E-state index >= 15 is 0 Å². The number of hydrogen-bond donors (Lipinski definition) is 2. The Balaban J connectivity index is 1.43. The highest BCUT2D eigenvalue weighted by molar-refractivity contribution is 6.30. The number of ether oxygens (including phenoxy) is 1. The van der Waals surface area contributed by atoms with Gasteiger partial charge in [-0.3, -0.25) is 0 Å². The van der Waals surface area contributed by atoms with Crippen molar-refractivity contribution in [3.8, 4) is 16.9 Å². The van der Waals surface area contributed by atoms with Gasteiger partial charge in [0.1, 0.15) is 11.6 Å². The van der Waals surface area contributed by atoms with Gasteiger partial charge in [-0.1, -0.05) is 29.8 Å². The van der Waals surface area contributed by atoms with E-state index < -0.39 is 11.9 Å². The van der Waals surface area contributed by atoms with Crippen molar-refractivity contribution in [2.45, 2.75) is 37.8 Å². The molecule has 27 heavy (non-hydrogen) atoms. The number of nitrogens with one attached hydrogen (secondary N) is 2. The fourth-order valence-electron chi connectivity index (χ4n) is 4.22. The van der Waals surface area contributed by atoms with E-state index in [1.165, 1.54) is 25.0 Å². The number of rotatable bonds is 4. The average Bonchev–Trinajstić information content (AvgIpc) is 2.98. The summed E-state index contributed by atoms with van der Waals surface area (Å²) in [4.78, 5) is 12.3. The lowest BCUT2D eigenvalue weighted by molar-refractivity contribution is 0.194. The summed E-state index contributed by atoms with van der Waals surface area (Å²) >= 11 is 6.02. The molecule has 0 spiro atoms. The maximum absolute atomic E-state index is 14.4. The minimum atomic E-state index is -0.560. The summed E-state index contributed by atoms with van der Waals surface area (Å²) in [6.45, 7) is 0.579. The van der Waals surface area contributed by atoms with Crippen LogP contribution in [0.4, 0.5) is 9.18 Å². The molecule has 2 heterocycles. The van der Waals surface area contributed by atoms with Crippen LogP contribution in [0, 0.1) is 11.7 Å². The molecular weight excluding hydrogens is 367 g/mol. The van der Waals surface area contributed by atoms with Gasteiger partial charge in [-0.05, 0) is 61.4 Å². The Morgan fingerprint density at radius 2 is 1.93 bits per heavy atom. The summed E-state index contributed by atoms with van der Waals surface area (Å²) in [5.74, 6) is 0.175. The molecular formula is C21H22ClFN2O2. The summed E-state index contributed by atoms with van der Waals surface area (Å²) in [5, 5.41) is 6.92. The minimum absolute atomic E-state index is 0.181. The van der Waals surface area contributed by atoms with Crippen LogP contribution in [0.25, 0.3) is 11.1 Å². The predicted octanol–water partition coefficient (Wildman–Crippen LogP) is 4.77. The first kappa shape index (κ1) is 18.3. The first-order valence-electron chi connectivity index (χ1n) is 9.34. The van der Waals surface area contributed by atoms with E-state index in [0.29, 0.717) is 35.1 Å². The Morgan fingerprint density at radius 1 is 1.19 bits per heavy atom. The molecule has 2 aromatic rings. The van der Waals surface area contributed by atoms with Crippen molar-refractivity contribution in [2.75, 3.05) is 6.54 Å². The number of halogens is 2. The van der Waals surface area contributed by atoms with Gasteiger partial charge in [0.15, 0.2) is 0 Å². The molecule has 4 rings (SSSR count). The standard InChI is InChI=1S/C21H22ClFN2O2/c22-15-4-1-3-14(11-15)20-18(23)5-2-6-19(20)27-21(26)24-12-13-9-16-7-8-17(10-13)25-16/h1-6,11,13,16-17,25H,7-10,12H2,(H,24,26). The summed E-state index contributed by atoms with van der Waals surface area (Å²) in [6.07, 6.45) is 4.03. The summed E-state index contributed by atoms with van der Waals surface area (Å²) in [6, 6.07) is 12.4. The predicted molar refractivity (Wildman–Crippen MR) is 104 cm³/mol. The molecule has 0 aromatic heterocycles. The van der Waals surface area contributed by atoms with Crippen LogP contribution in [0.15, 0.2) is 42.5 Å². The van der Waals surface area contributed by atoms with Crippen molar-refractivity contribution >= 4 is 17.7 Å². The highest BCUT2D eigenvalue weighted by atomic mass is 35.5. The van der Waals surface area contributed by atoms with E-state index in [0.717, 1.165) is 12.8 Å². The van der Waals surface area contributed by atoms with Gasteiger partial charge in [-0.25, -0.2) is 9.18 Å². The Bertz CT molecular complexity index is 833. The summed E-state index contributed by atoms with van der Waals surface area (Å²) in [7, 11) is 0. The molecule has 2 aliphatic rings. The largest absolute Gasteiger partial charge is 0.412 e. The van der Waals surface area contributed by atoms with Gasteiger partial charge in [0, 0.05) is 23.7 Å². The lowest BCUT2D eigenvalue weighted by atomic mass is 9.92. The topological polar surface area (TPSA) is 50.4 Å². The van der Waals surface area contributed by atoms with Gasteiger partial charge in [-0.2, -0.15) is 0 Å². The third kappa shape index (κ3) is 4.25. The average molecular weight is 389 g/mol. The maximum atomic E-state index is 14.4. The quantitative estimate of drug-likeness (QED) is 0.793. The minimum Gasteiger partial charge on any atom is -0.410 e. The number of carbonyl (C=O) groups excluding carboxylic acids is 1. The lowest BCUT2D eigenvalue weighted by Crippen LogP contribution is -2.42. The molecule has 2 bridgehead atoms. The Morgan fingerprint density at radius 3 is 2.67 bits per heavy atom. The van der Waals surface area contributed by atoms with Crippen LogP contribution in [0.2, 0.25) is 5.02 Å². The van der Waals surface area contributed by atoms with Crippen molar-refractivity contribution in [3.63, 3.8) is 0 Å². The van der Waals surface area contributed by atoms with Gasteiger partial charge in [0.2, 0.25) is 0 Å². The normalized spacial score (nSPS) is 23.9. The molecule has 2 aliphatic heterocycles. The van der Waals surface area contributed by atoms with Crippen LogP contribution in [0.5, 0.6) is 5.75 Å². The van der Waals surface area contributed by atoms with Gasteiger partial charge < -0.3 is 15.4 Å². The van der Waals surface area contributed by atoms with Crippen molar-refractivity contribution in [1.82, 2.24) is 10.6 Å². The van der Waals surface area contributed by atoms with Crippen molar-refractivity contribution < 1.29 is 13.9 Å². The van der Waals surface area contributed by atoms with Crippen LogP contribution < -0.4 is 15.4 Å². The van der Waals surface area contributed by atoms with Crippen LogP contribution in [-0.2, 0) is 0 Å². The van der Waals surface area contributed by atoms with Gasteiger partial charge in [0.25, 0.3) is 0 Å². The van der Waals surface area contributed by atoms with E-state index in [9.17, 15) is 9.18 Å². The zero-order chi connectivity index (χ0) is 18.8. The molecule has 2 unspecified atom stereocenters. The first-order valence-corrected chi connectivity index (χ1v) is 9.72. The lowest BCUT2D eigenvalue weighted by Gasteiger charge is -2.29. The number of hydrogen-bond acceptors (Lipinski definition) is 3. The van der Waals surface area contributed by atoms with Crippen molar-refractivity contribution in [1.29, 1.82) is 0 Å². The van der Waals surface area contributed by atoms with E-state index in [1.54, 1.807) is 30.3 Å². The second-order valence-corrected chi connectivity index (χ2v) is 7.81. The number of carbonyl (C=O) groups is 1. The second kappa shape index (κ2) is 7.87. The molecule has 2 saturated heterocycles. The monoisotopic (exact) mass is 388 g/mol. The molecule has 4 nitrogen and oxygen atoms in total. The number of piperidine rings is 1. The second-order valence-electron chi connectivity index (χ2n) is 7.37. The van der Waals surface area contributed by atoms with Gasteiger partial charge in [0.05, 0.1) is 5.56 Å². The van der Waals surface area contributed by atoms with E-state index in [2.05, 4.69) is 10.6 Å². The fourth-order valence-corrected chi connectivity index (χ4v) is 4.41. The zero-order valence-electron chi connectivity index (χ0n) is 14.9. The Labute approximate surface area is 163 Å². The molecule has 0 radical (unpaired) electrons. The molecule has 2 atom stereocenters. The molecule has 1 amide bonds. The molecule has 0 saturated carbocycles. The van der Waals surface area contributed by atoms with E-state index in [-0.39, 0.29) is 11.3 Å². The van der Waals surface area contributed by atoms with Crippen LogP contribution in [0.1, 0.15) is 25.7 Å². The number of amides is 1. The third-order valence-corrected chi connectivity index (χ3v) is 5.63. The van der Waals surface area contributed by atoms with E-state index in [4.69, 9.17) is 16.3 Å². The maximum Gasteiger partial charge on any atom is 0.412 e. The van der Waals surface area contributed by atoms with Gasteiger partial charge >= 0.3 is 6.09 Å². The Kier molecular flexibility index (Phi) is 5.32. The SMILES string of the molecule is O=C(NCC1CC2CCC(C1)N2)Oc1cccc(F)c1-c1cccc(Cl)c1. The zero-order valence-corrected chi connectivity index (χ0v) is 15.6. The molecule has 6 heteroatoms. The number of fused-ring (bicyclic) bond motifs is 2. The van der Waals surface area contributed by atoms with Gasteiger partial charge in [-0.15, -0.1) is 0 Å². The van der Waals surface area contributed by atoms with E-state index in [1.807, 2.05) is 0 Å². The summed E-state index contributed by atoms with van der Waals surface area (Å²) in [5.41, 5.74) is 0.799. The highest BCUT2D eigenvalue weighted by Crippen LogP contribution is 2.34. The molecule has 2 aromatic carbocycles. The molecule has 142 valence electrons. The Hall–Kier alpha value is -2.11. The summed E-state index contributed by atoms with van der Waals surface area (Å²) < 4.78 is 19.9. The van der Waals surface area contributed by atoms with Crippen molar-refractivity contribution in [2.24, 2.45) is 5.92 Å². The van der Waals surface area contributed by atoms with Crippen LogP contribution >= 0.6 is 11.6 Å². The molecule has 2 N–H and O–H groups in total. The van der Waals surface area contributed by atoms with Crippen LogP contribution in [0.3, 0.4) is 0 Å². The van der Waals surface area contributed by atoms with Crippen molar-refractivity contribution in [3.05, 3.63) is 53.3 Å². The van der Waals surface area contributed by atoms with Crippen LogP contribution in [-0.4, -0.2) is 24.7 Å². The fraction of sp³-hybridized carbons (Fsp3) is 0.381. The first-order chi connectivity index (χ1) is 13.1. The molecule has 0 aliphatic carbocycles. The third-order valence-electron chi connectivity index (χ3n) is 5.40. The molecule has 2 fully saturated rings. The number of benzene rings is 2.